The van der Waals surface area contributed by atoms with Crippen LogP contribution in [0.5, 0.6) is 0 Å². The molecule has 20 heavy (non-hydrogen) atoms. The lowest BCUT2D eigenvalue weighted by Crippen LogP contribution is -2.37. The molecule has 5 nitrogen and oxygen atoms in total. The van der Waals surface area contributed by atoms with Crippen molar-refractivity contribution in [3.8, 4) is 0 Å². The molecule has 2 atom stereocenters. The Morgan fingerprint density at radius 1 is 1.35 bits per heavy atom. The van der Waals surface area contributed by atoms with Crippen molar-refractivity contribution in [1.29, 1.82) is 0 Å². The molecular weight excluding hydrogens is 280 g/mol. The highest BCUT2D eigenvalue weighted by molar-refractivity contribution is 6.30. The molecule has 1 amide bonds. The van der Waals surface area contributed by atoms with Crippen LogP contribution in [0, 0.1) is 11.8 Å². The van der Waals surface area contributed by atoms with E-state index in [2.05, 4.69) is 10.3 Å². The maximum atomic E-state index is 11.9. The van der Waals surface area contributed by atoms with Crippen LogP contribution in [0.2, 0.25) is 5.02 Å². The Balaban J connectivity index is 1.91. The molecule has 1 aliphatic rings. The van der Waals surface area contributed by atoms with Crippen molar-refractivity contribution in [3.63, 3.8) is 0 Å². The van der Waals surface area contributed by atoms with Gasteiger partial charge in [-0.25, -0.2) is 4.98 Å². The molecule has 0 bridgehead atoms. The molecule has 1 aromatic heterocycles. The molecule has 1 aliphatic carbocycles. The lowest BCUT2D eigenvalue weighted by atomic mass is 9.79. The van der Waals surface area contributed by atoms with Gasteiger partial charge in [0.1, 0.15) is 5.69 Å². The first-order chi connectivity index (χ1) is 9.58. The Labute approximate surface area is 122 Å². The molecule has 0 aliphatic heterocycles. The van der Waals surface area contributed by atoms with Gasteiger partial charge in [-0.05, 0) is 30.9 Å². The van der Waals surface area contributed by atoms with Crippen LogP contribution < -0.4 is 5.32 Å². The molecule has 0 saturated heterocycles. The number of nitrogens with zero attached hydrogens (tertiary/aromatic N) is 1. The van der Waals surface area contributed by atoms with Gasteiger partial charge in [-0.15, -0.1) is 0 Å². The Kier molecular flexibility index (Phi) is 4.95. The molecule has 1 fully saturated rings. The summed E-state index contributed by atoms with van der Waals surface area (Å²) in [5.41, 5.74) is 0.289. The fraction of sp³-hybridized carbons (Fsp3) is 0.500. The van der Waals surface area contributed by atoms with Crippen molar-refractivity contribution < 1.29 is 14.7 Å². The van der Waals surface area contributed by atoms with Crippen LogP contribution in [0.4, 0.5) is 0 Å². The Morgan fingerprint density at radius 3 is 2.75 bits per heavy atom. The summed E-state index contributed by atoms with van der Waals surface area (Å²) in [4.78, 5) is 27.0. The summed E-state index contributed by atoms with van der Waals surface area (Å²) in [7, 11) is 0. The largest absolute Gasteiger partial charge is 0.481 e. The number of hydrogen-bond donors (Lipinski definition) is 2. The smallest absolute Gasteiger partial charge is 0.306 e. The summed E-state index contributed by atoms with van der Waals surface area (Å²) in [5.74, 6) is -1.43. The number of rotatable bonds is 4. The van der Waals surface area contributed by atoms with E-state index in [1.165, 1.54) is 6.20 Å². The molecule has 1 aromatic rings. The average Bonchev–Trinajstić information content (AvgIpc) is 2.45. The van der Waals surface area contributed by atoms with E-state index in [0.717, 1.165) is 19.3 Å². The number of halogens is 1. The first kappa shape index (κ1) is 14.8. The Morgan fingerprint density at radius 2 is 2.10 bits per heavy atom. The van der Waals surface area contributed by atoms with Gasteiger partial charge in [0.15, 0.2) is 0 Å². The topological polar surface area (TPSA) is 79.3 Å². The van der Waals surface area contributed by atoms with E-state index in [4.69, 9.17) is 11.6 Å². The summed E-state index contributed by atoms with van der Waals surface area (Å²) in [6, 6.07) is 3.15. The third kappa shape index (κ3) is 3.70. The number of aliphatic carboxylic acids is 1. The highest BCUT2D eigenvalue weighted by Crippen LogP contribution is 2.29. The highest BCUT2D eigenvalue weighted by atomic mass is 35.5. The van der Waals surface area contributed by atoms with Crippen LogP contribution >= 0.6 is 11.6 Å². The van der Waals surface area contributed by atoms with Crippen molar-refractivity contribution in [2.24, 2.45) is 11.8 Å². The van der Waals surface area contributed by atoms with E-state index >= 15 is 0 Å². The van der Waals surface area contributed by atoms with Gasteiger partial charge in [0, 0.05) is 12.7 Å². The maximum Gasteiger partial charge on any atom is 0.306 e. The van der Waals surface area contributed by atoms with Crippen LogP contribution in [-0.4, -0.2) is 28.5 Å². The van der Waals surface area contributed by atoms with Crippen LogP contribution in [0.15, 0.2) is 18.3 Å². The van der Waals surface area contributed by atoms with Crippen LogP contribution in [0.1, 0.15) is 36.2 Å². The molecule has 1 saturated carbocycles. The van der Waals surface area contributed by atoms with Gasteiger partial charge in [0.05, 0.1) is 10.9 Å². The van der Waals surface area contributed by atoms with E-state index in [1.54, 1.807) is 12.1 Å². The van der Waals surface area contributed by atoms with E-state index in [1.807, 2.05) is 0 Å². The van der Waals surface area contributed by atoms with Crippen molar-refractivity contribution >= 4 is 23.5 Å². The number of amides is 1. The Hall–Kier alpha value is -1.62. The molecule has 6 heteroatoms. The quantitative estimate of drug-likeness (QED) is 0.894. The van der Waals surface area contributed by atoms with E-state index in [9.17, 15) is 14.7 Å². The van der Waals surface area contributed by atoms with Crippen molar-refractivity contribution in [2.45, 2.75) is 25.7 Å². The minimum atomic E-state index is -0.770. The minimum absolute atomic E-state index is 0.00231. The van der Waals surface area contributed by atoms with Crippen molar-refractivity contribution in [2.75, 3.05) is 6.54 Å². The zero-order valence-corrected chi connectivity index (χ0v) is 11.8. The van der Waals surface area contributed by atoms with E-state index in [0.29, 0.717) is 18.0 Å². The number of nitrogens with one attached hydrogen (secondary N) is 1. The average molecular weight is 297 g/mol. The summed E-state index contributed by atoms with van der Waals surface area (Å²) < 4.78 is 0. The molecule has 2 rings (SSSR count). The molecule has 108 valence electrons. The number of carboxylic acids is 1. The monoisotopic (exact) mass is 296 g/mol. The van der Waals surface area contributed by atoms with Gasteiger partial charge in [-0.1, -0.05) is 24.4 Å². The van der Waals surface area contributed by atoms with Crippen LogP contribution in [-0.2, 0) is 4.79 Å². The first-order valence-corrected chi connectivity index (χ1v) is 7.08. The van der Waals surface area contributed by atoms with Gasteiger partial charge < -0.3 is 10.4 Å². The summed E-state index contributed by atoms with van der Waals surface area (Å²) in [6.07, 6.45) is 4.90. The maximum absolute atomic E-state index is 11.9. The van der Waals surface area contributed by atoms with Crippen LogP contribution in [0.25, 0.3) is 0 Å². The van der Waals surface area contributed by atoms with Crippen LogP contribution in [0.3, 0.4) is 0 Å². The number of aromatic nitrogens is 1. The first-order valence-electron chi connectivity index (χ1n) is 6.70. The van der Waals surface area contributed by atoms with Gasteiger partial charge >= 0.3 is 5.97 Å². The molecule has 2 unspecified atom stereocenters. The number of hydrogen-bond acceptors (Lipinski definition) is 3. The predicted octanol–water partition coefficient (Wildman–Crippen LogP) is 2.36. The third-order valence-corrected chi connectivity index (χ3v) is 3.93. The number of carbonyl (C=O) groups is 2. The second kappa shape index (κ2) is 6.70. The number of carbonyl (C=O) groups excluding carboxylic acids is 1. The van der Waals surface area contributed by atoms with Gasteiger partial charge in [0.2, 0.25) is 0 Å². The zero-order valence-electron chi connectivity index (χ0n) is 11.0. The second-order valence-electron chi connectivity index (χ2n) is 5.06. The lowest BCUT2D eigenvalue weighted by Gasteiger charge is -2.28. The summed E-state index contributed by atoms with van der Waals surface area (Å²) >= 11 is 5.71. The van der Waals surface area contributed by atoms with Gasteiger partial charge in [-0.3, -0.25) is 9.59 Å². The van der Waals surface area contributed by atoms with Crippen molar-refractivity contribution in [3.05, 3.63) is 29.0 Å². The minimum Gasteiger partial charge on any atom is -0.481 e. The van der Waals surface area contributed by atoms with Gasteiger partial charge in [-0.2, -0.15) is 0 Å². The zero-order chi connectivity index (χ0) is 14.5. The molecule has 0 radical (unpaired) electrons. The fourth-order valence-corrected chi connectivity index (χ4v) is 2.71. The second-order valence-corrected chi connectivity index (χ2v) is 5.50. The lowest BCUT2D eigenvalue weighted by molar-refractivity contribution is -0.144. The molecule has 0 aromatic carbocycles. The predicted molar refractivity (Wildman–Crippen MR) is 74.7 cm³/mol. The Bertz CT molecular complexity index is 490. The molecular formula is C14H17ClN2O3. The van der Waals surface area contributed by atoms with E-state index < -0.39 is 5.97 Å². The SMILES string of the molecule is O=C(NCC1CCCCC1C(=O)O)c1ccc(Cl)cn1. The number of pyridine rings is 1. The number of carboxylic acid groups (broad SMARTS) is 1. The summed E-state index contributed by atoms with van der Waals surface area (Å²) in [6.45, 7) is 0.375. The molecule has 2 N–H and O–H groups in total. The van der Waals surface area contributed by atoms with Crippen molar-refractivity contribution in [1.82, 2.24) is 10.3 Å². The fourth-order valence-electron chi connectivity index (χ4n) is 2.60. The standard InChI is InChI=1S/C14H17ClN2O3/c15-10-5-6-12(16-8-10)13(18)17-7-9-3-1-2-4-11(9)14(19)20/h5-6,8-9,11H,1-4,7H2,(H,17,18)(H,19,20). The normalized spacial score (nSPS) is 22.2. The van der Waals surface area contributed by atoms with Gasteiger partial charge in [0.25, 0.3) is 5.91 Å². The third-order valence-electron chi connectivity index (χ3n) is 3.71. The van der Waals surface area contributed by atoms with E-state index in [-0.39, 0.29) is 23.4 Å². The molecule has 0 spiro atoms. The highest BCUT2D eigenvalue weighted by Gasteiger charge is 2.30. The molecule has 1 heterocycles. The summed E-state index contributed by atoms with van der Waals surface area (Å²) in [5, 5.41) is 12.4.